The highest BCUT2D eigenvalue weighted by atomic mass is 19.4. The molecule has 1 saturated carbocycles. The van der Waals surface area contributed by atoms with E-state index >= 15 is 0 Å². The molecule has 1 saturated heterocycles. The van der Waals surface area contributed by atoms with E-state index in [9.17, 15) is 13.2 Å². The highest BCUT2D eigenvalue weighted by Gasteiger charge is 2.63. The van der Waals surface area contributed by atoms with Crippen molar-refractivity contribution in [2.45, 2.75) is 18.1 Å². The van der Waals surface area contributed by atoms with Crippen LogP contribution in [0.25, 0.3) is 0 Å². The van der Waals surface area contributed by atoms with Gasteiger partial charge in [-0.2, -0.15) is 13.2 Å². The van der Waals surface area contributed by atoms with Crippen LogP contribution in [0.4, 0.5) is 13.2 Å². The average molecular weight is 180 g/mol. The SMILES string of the molecule is N[C@@]12CNC[C@@H]1[C@@H](C(F)(F)F)C2. The van der Waals surface area contributed by atoms with Gasteiger partial charge in [-0.05, 0) is 6.42 Å². The molecule has 70 valence electrons. The Hall–Kier alpha value is -0.290. The van der Waals surface area contributed by atoms with Gasteiger partial charge < -0.3 is 11.1 Å². The third-order valence-corrected chi connectivity index (χ3v) is 3.06. The average Bonchev–Trinajstić information content (AvgIpc) is 2.12. The normalized spacial score (nSPS) is 47.0. The van der Waals surface area contributed by atoms with E-state index in [1.807, 2.05) is 0 Å². The molecule has 0 aromatic rings. The van der Waals surface area contributed by atoms with Crippen LogP contribution in [0.2, 0.25) is 0 Å². The van der Waals surface area contributed by atoms with Crippen molar-refractivity contribution in [1.29, 1.82) is 0 Å². The summed E-state index contributed by atoms with van der Waals surface area (Å²) in [4.78, 5) is 0. The molecule has 0 bridgehead atoms. The minimum Gasteiger partial charge on any atom is -0.324 e. The van der Waals surface area contributed by atoms with Gasteiger partial charge in [0.25, 0.3) is 0 Å². The lowest BCUT2D eigenvalue weighted by Crippen LogP contribution is -2.63. The number of hydrogen-bond acceptors (Lipinski definition) is 2. The summed E-state index contributed by atoms with van der Waals surface area (Å²) in [5.74, 6) is -1.56. The van der Waals surface area contributed by atoms with E-state index in [0.29, 0.717) is 13.1 Å². The second-order valence-corrected chi connectivity index (χ2v) is 3.82. The van der Waals surface area contributed by atoms with E-state index in [0.717, 1.165) is 0 Å². The molecular formula is C7H11F3N2. The third kappa shape index (κ3) is 0.959. The lowest BCUT2D eigenvalue weighted by molar-refractivity contribution is -0.224. The molecule has 0 aromatic heterocycles. The molecule has 2 fully saturated rings. The molecule has 3 N–H and O–H groups in total. The van der Waals surface area contributed by atoms with Crippen molar-refractivity contribution in [2.24, 2.45) is 17.6 Å². The Morgan fingerprint density at radius 1 is 1.42 bits per heavy atom. The van der Waals surface area contributed by atoms with Gasteiger partial charge in [-0.15, -0.1) is 0 Å². The summed E-state index contributed by atoms with van der Waals surface area (Å²) in [7, 11) is 0. The molecule has 2 nitrogen and oxygen atoms in total. The fourth-order valence-corrected chi connectivity index (χ4v) is 2.30. The van der Waals surface area contributed by atoms with E-state index in [1.54, 1.807) is 0 Å². The van der Waals surface area contributed by atoms with E-state index in [2.05, 4.69) is 5.32 Å². The standard InChI is InChI=1S/C7H11F3N2/c8-7(9,10)4-1-6(11)3-12-2-5(4)6/h4-5,12H,1-3,11H2/t4-,5+,6-/m0/s1. The molecule has 3 atom stereocenters. The first-order valence-corrected chi connectivity index (χ1v) is 4.00. The van der Waals surface area contributed by atoms with E-state index in [-0.39, 0.29) is 6.42 Å². The number of hydrogen-bond donors (Lipinski definition) is 2. The Balaban J connectivity index is 2.09. The van der Waals surface area contributed by atoms with Gasteiger partial charge in [0.2, 0.25) is 0 Å². The molecule has 1 heterocycles. The van der Waals surface area contributed by atoms with Gasteiger partial charge in [0.15, 0.2) is 0 Å². The molecule has 0 aromatic carbocycles. The predicted molar refractivity (Wildman–Crippen MR) is 37.4 cm³/mol. The Morgan fingerprint density at radius 3 is 2.58 bits per heavy atom. The van der Waals surface area contributed by atoms with Crippen molar-refractivity contribution in [3.8, 4) is 0 Å². The number of fused-ring (bicyclic) bond motifs is 1. The van der Waals surface area contributed by atoms with Crippen LogP contribution in [0.3, 0.4) is 0 Å². The second-order valence-electron chi connectivity index (χ2n) is 3.82. The molecule has 5 heteroatoms. The first kappa shape index (κ1) is 8.31. The van der Waals surface area contributed by atoms with Gasteiger partial charge in [0.1, 0.15) is 0 Å². The van der Waals surface area contributed by atoms with Gasteiger partial charge in [0.05, 0.1) is 5.92 Å². The first-order chi connectivity index (χ1) is 5.43. The minimum absolute atomic E-state index is 0.0914. The summed E-state index contributed by atoms with van der Waals surface area (Å²) in [5, 5.41) is 2.90. The Bertz CT molecular complexity index is 203. The van der Waals surface area contributed by atoms with Crippen LogP contribution in [0, 0.1) is 11.8 Å². The van der Waals surface area contributed by atoms with Crippen LogP contribution in [0.1, 0.15) is 6.42 Å². The summed E-state index contributed by atoms with van der Waals surface area (Å²) in [6, 6.07) is 0. The molecule has 0 spiro atoms. The maximum atomic E-state index is 12.2. The molecule has 0 unspecified atom stereocenters. The Kier molecular flexibility index (Phi) is 1.48. The van der Waals surface area contributed by atoms with Crippen LogP contribution < -0.4 is 11.1 Å². The zero-order valence-corrected chi connectivity index (χ0v) is 6.49. The van der Waals surface area contributed by atoms with Gasteiger partial charge in [0, 0.05) is 24.5 Å². The minimum atomic E-state index is -4.06. The topological polar surface area (TPSA) is 38.0 Å². The molecular weight excluding hydrogens is 169 g/mol. The number of alkyl halides is 3. The zero-order chi connectivity index (χ0) is 8.98. The zero-order valence-electron chi connectivity index (χ0n) is 6.49. The third-order valence-electron chi connectivity index (χ3n) is 3.06. The van der Waals surface area contributed by atoms with Gasteiger partial charge in [-0.25, -0.2) is 0 Å². The smallest absolute Gasteiger partial charge is 0.324 e. The van der Waals surface area contributed by atoms with Crippen LogP contribution in [0.15, 0.2) is 0 Å². The van der Waals surface area contributed by atoms with Crippen molar-refractivity contribution >= 4 is 0 Å². The molecule has 1 aliphatic heterocycles. The fraction of sp³-hybridized carbons (Fsp3) is 1.00. The van der Waals surface area contributed by atoms with Crippen molar-refractivity contribution in [3.63, 3.8) is 0 Å². The van der Waals surface area contributed by atoms with Crippen molar-refractivity contribution in [3.05, 3.63) is 0 Å². The molecule has 0 radical (unpaired) electrons. The quantitative estimate of drug-likeness (QED) is 0.569. The van der Waals surface area contributed by atoms with E-state index < -0.39 is 23.6 Å². The van der Waals surface area contributed by atoms with Gasteiger partial charge in [-0.1, -0.05) is 0 Å². The summed E-state index contributed by atoms with van der Waals surface area (Å²) in [6.07, 6.45) is -3.96. The summed E-state index contributed by atoms with van der Waals surface area (Å²) < 4.78 is 36.7. The fourth-order valence-electron chi connectivity index (χ4n) is 2.30. The molecule has 0 amide bonds. The number of nitrogens with two attached hydrogens (primary N) is 1. The highest BCUT2D eigenvalue weighted by molar-refractivity contribution is 5.13. The number of nitrogens with one attached hydrogen (secondary N) is 1. The van der Waals surface area contributed by atoms with Gasteiger partial charge in [-0.3, -0.25) is 0 Å². The number of halogens is 3. The van der Waals surface area contributed by atoms with Crippen LogP contribution in [-0.2, 0) is 0 Å². The maximum Gasteiger partial charge on any atom is 0.392 e. The summed E-state index contributed by atoms with van der Waals surface area (Å²) in [5.41, 5.74) is 5.16. The molecule has 1 aliphatic carbocycles. The molecule has 12 heavy (non-hydrogen) atoms. The van der Waals surface area contributed by atoms with Crippen molar-refractivity contribution < 1.29 is 13.2 Å². The summed E-state index contributed by atoms with van der Waals surface area (Å²) >= 11 is 0. The first-order valence-electron chi connectivity index (χ1n) is 4.00. The van der Waals surface area contributed by atoms with E-state index in [4.69, 9.17) is 5.73 Å². The van der Waals surface area contributed by atoms with Gasteiger partial charge >= 0.3 is 6.18 Å². The Labute approximate surface area is 68.3 Å². The predicted octanol–water partition coefficient (Wildman–Crippen LogP) is 0.485. The lowest BCUT2D eigenvalue weighted by atomic mass is 9.61. The summed E-state index contributed by atoms with van der Waals surface area (Å²) in [6.45, 7) is 0.949. The van der Waals surface area contributed by atoms with Crippen LogP contribution >= 0.6 is 0 Å². The highest BCUT2D eigenvalue weighted by Crippen LogP contribution is 2.51. The lowest BCUT2D eigenvalue weighted by Gasteiger charge is -2.48. The van der Waals surface area contributed by atoms with Crippen molar-refractivity contribution in [1.82, 2.24) is 5.32 Å². The van der Waals surface area contributed by atoms with Crippen LogP contribution in [-0.4, -0.2) is 24.8 Å². The maximum absolute atomic E-state index is 12.2. The van der Waals surface area contributed by atoms with Crippen molar-refractivity contribution in [2.75, 3.05) is 13.1 Å². The Morgan fingerprint density at radius 2 is 2.08 bits per heavy atom. The monoisotopic (exact) mass is 180 g/mol. The van der Waals surface area contributed by atoms with Crippen LogP contribution in [0.5, 0.6) is 0 Å². The molecule has 2 aliphatic rings. The number of rotatable bonds is 0. The molecule has 2 rings (SSSR count). The largest absolute Gasteiger partial charge is 0.392 e. The van der Waals surface area contributed by atoms with E-state index in [1.165, 1.54) is 0 Å². The second kappa shape index (κ2) is 2.14.